The third-order valence-electron chi connectivity index (χ3n) is 2.99. The van der Waals surface area contributed by atoms with Crippen LogP contribution in [0.25, 0.3) is 0 Å². The van der Waals surface area contributed by atoms with E-state index in [0.717, 1.165) is 6.42 Å². The third-order valence-corrected chi connectivity index (χ3v) is 2.99. The molecular formula is C13H15FN2O2. The lowest BCUT2D eigenvalue weighted by Crippen LogP contribution is -2.15. The SMILES string of the molecule is CC(=O)Nc1cc(NC(=O)C2CC2C)ccc1F. The summed E-state index contributed by atoms with van der Waals surface area (Å²) in [7, 11) is 0. The first kappa shape index (κ1) is 12.5. The van der Waals surface area contributed by atoms with Crippen LogP contribution in [-0.4, -0.2) is 11.8 Å². The minimum Gasteiger partial charge on any atom is -0.326 e. The minimum atomic E-state index is -0.525. The molecule has 0 spiro atoms. The van der Waals surface area contributed by atoms with Crippen LogP contribution in [0.15, 0.2) is 18.2 Å². The summed E-state index contributed by atoms with van der Waals surface area (Å²) >= 11 is 0. The van der Waals surface area contributed by atoms with E-state index in [1.165, 1.54) is 25.1 Å². The molecule has 1 aromatic carbocycles. The molecule has 4 nitrogen and oxygen atoms in total. The lowest BCUT2D eigenvalue weighted by atomic mass is 10.2. The molecule has 1 aliphatic rings. The Balaban J connectivity index is 2.09. The number of rotatable bonds is 3. The highest BCUT2D eigenvalue weighted by molar-refractivity contribution is 5.95. The summed E-state index contributed by atoms with van der Waals surface area (Å²) < 4.78 is 13.4. The van der Waals surface area contributed by atoms with Gasteiger partial charge >= 0.3 is 0 Å². The quantitative estimate of drug-likeness (QED) is 0.865. The van der Waals surface area contributed by atoms with Gasteiger partial charge in [0.25, 0.3) is 0 Å². The highest BCUT2D eigenvalue weighted by atomic mass is 19.1. The standard InChI is InChI=1S/C13H15FN2O2/c1-7-5-10(7)13(18)16-9-3-4-11(14)12(6-9)15-8(2)17/h3-4,6-7,10H,5H2,1-2H3,(H,15,17)(H,16,18). The molecule has 0 bridgehead atoms. The topological polar surface area (TPSA) is 58.2 Å². The number of carbonyl (C=O) groups is 2. The zero-order chi connectivity index (χ0) is 13.3. The van der Waals surface area contributed by atoms with Crippen molar-refractivity contribution in [3.05, 3.63) is 24.0 Å². The first-order valence-corrected chi connectivity index (χ1v) is 5.85. The summed E-state index contributed by atoms with van der Waals surface area (Å²) in [6, 6.07) is 4.12. The van der Waals surface area contributed by atoms with Crippen molar-refractivity contribution in [2.75, 3.05) is 10.6 Å². The molecule has 96 valence electrons. The number of nitrogens with one attached hydrogen (secondary N) is 2. The van der Waals surface area contributed by atoms with Crippen LogP contribution in [0.2, 0.25) is 0 Å². The Hall–Kier alpha value is -1.91. The number of benzene rings is 1. The molecule has 1 aromatic rings. The first-order chi connectivity index (χ1) is 8.47. The van der Waals surface area contributed by atoms with Crippen molar-refractivity contribution < 1.29 is 14.0 Å². The maximum atomic E-state index is 13.4. The second kappa shape index (κ2) is 4.76. The number of anilines is 2. The van der Waals surface area contributed by atoms with Gasteiger partial charge in [-0.15, -0.1) is 0 Å². The predicted octanol–water partition coefficient (Wildman–Crippen LogP) is 2.38. The molecule has 1 aliphatic carbocycles. The van der Waals surface area contributed by atoms with Gasteiger partial charge in [0, 0.05) is 18.5 Å². The highest BCUT2D eigenvalue weighted by Gasteiger charge is 2.39. The van der Waals surface area contributed by atoms with Crippen LogP contribution >= 0.6 is 0 Å². The zero-order valence-corrected chi connectivity index (χ0v) is 10.3. The summed E-state index contributed by atoms with van der Waals surface area (Å²) in [5.74, 6) is -0.460. The first-order valence-electron chi connectivity index (χ1n) is 5.85. The van der Waals surface area contributed by atoms with Crippen molar-refractivity contribution in [3.63, 3.8) is 0 Å². The van der Waals surface area contributed by atoms with Gasteiger partial charge in [0.1, 0.15) is 5.82 Å². The van der Waals surface area contributed by atoms with E-state index in [1.807, 2.05) is 6.92 Å². The Bertz CT molecular complexity index is 502. The van der Waals surface area contributed by atoms with Gasteiger partial charge < -0.3 is 10.6 Å². The smallest absolute Gasteiger partial charge is 0.227 e. The summed E-state index contributed by atoms with van der Waals surface area (Å²) in [5, 5.41) is 5.09. The van der Waals surface area contributed by atoms with Gasteiger partial charge in [0.2, 0.25) is 11.8 Å². The second-order valence-corrected chi connectivity index (χ2v) is 4.68. The maximum Gasteiger partial charge on any atom is 0.227 e. The van der Waals surface area contributed by atoms with Crippen molar-refractivity contribution >= 4 is 23.2 Å². The average molecular weight is 250 g/mol. The van der Waals surface area contributed by atoms with E-state index in [9.17, 15) is 14.0 Å². The zero-order valence-electron chi connectivity index (χ0n) is 10.3. The van der Waals surface area contributed by atoms with Crippen LogP contribution in [0.1, 0.15) is 20.3 Å². The molecule has 0 aromatic heterocycles. The Morgan fingerprint density at radius 1 is 1.33 bits per heavy atom. The fourth-order valence-electron chi connectivity index (χ4n) is 1.81. The van der Waals surface area contributed by atoms with Crippen molar-refractivity contribution in [2.24, 2.45) is 11.8 Å². The van der Waals surface area contributed by atoms with E-state index in [-0.39, 0.29) is 23.4 Å². The summed E-state index contributed by atoms with van der Waals surface area (Å²) in [6.07, 6.45) is 0.894. The third kappa shape index (κ3) is 2.85. The van der Waals surface area contributed by atoms with E-state index in [2.05, 4.69) is 10.6 Å². The monoisotopic (exact) mass is 250 g/mol. The molecule has 18 heavy (non-hydrogen) atoms. The van der Waals surface area contributed by atoms with Crippen LogP contribution in [0.4, 0.5) is 15.8 Å². The summed E-state index contributed by atoms with van der Waals surface area (Å²) in [5.41, 5.74) is 0.563. The Kier molecular flexibility index (Phi) is 3.32. The molecular weight excluding hydrogens is 235 g/mol. The fraction of sp³-hybridized carbons (Fsp3) is 0.385. The lowest BCUT2D eigenvalue weighted by Gasteiger charge is -2.08. The molecule has 1 saturated carbocycles. The van der Waals surface area contributed by atoms with Crippen molar-refractivity contribution in [2.45, 2.75) is 20.3 Å². The Morgan fingerprint density at radius 3 is 2.56 bits per heavy atom. The van der Waals surface area contributed by atoms with Crippen molar-refractivity contribution in [3.8, 4) is 0 Å². The molecule has 0 aliphatic heterocycles. The fourth-order valence-corrected chi connectivity index (χ4v) is 1.81. The van der Waals surface area contributed by atoms with E-state index >= 15 is 0 Å². The number of amides is 2. The molecule has 2 atom stereocenters. The minimum absolute atomic E-state index is 0.0529. The Morgan fingerprint density at radius 2 is 2.00 bits per heavy atom. The largest absolute Gasteiger partial charge is 0.326 e. The van der Waals surface area contributed by atoms with Crippen molar-refractivity contribution in [1.82, 2.24) is 0 Å². The van der Waals surface area contributed by atoms with Gasteiger partial charge in [-0.25, -0.2) is 4.39 Å². The van der Waals surface area contributed by atoms with E-state index in [0.29, 0.717) is 11.6 Å². The lowest BCUT2D eigenvalue weighted by molar-refractivity contribution is -0.117. The average Bonchev–Trinajstić information content (AvgIpc) is 3.00. The second-order valence-electron chi connectivity index (χ2n) is 4.68. The molecule has 2 amide bonds. The van der Waals surface area contributed by atoms with Gasteiger partial charge in [0.15, 0.2) is 0 Å². The van der Waals surface area contributed by atoms with E-state index < -0.39 is 5.82 Å². The molecule has 2 unspecified atom stereocenters. The van der Waals surface area contributed by atoms with Gasteiger partial charge in [0.05, 0.1) is 5.69 Å². The molecule has 0 radical (unpaired) electrons. The number of hydrogen-bond acceptors (Lipinski definition) is 2. The van der Waals surface area contributed by atoms with Gasteiger partial charge in [-0.3, -0.25) is 9.59 Å². The Labute approximate surface area is 105 Å². The van der Waals surface area contributed by atoms with E-state index in [1.54, 1.807) is 0 Å². The van der Waals surface area contributed by atoms with Crippen LogP contribution in [0, 0.1) is 17.7 Å². The molecule has 0 heterocycles. The van der Waals surface area contributed by atoms with Crippen LogP contribution in [0.3, 0.4) is 0 Å². The molecule has 1 fully saturated rings. The maximum absolute atomic E-state index is 13.4. The summed E-state index contributed by atoms with van der Waals surface area (Å²) in [6.45, 7) is 3.31. The van der Waals surface area contributed by atoms with Crippen LogP contribution < -0.4 is 10.6 Å². The molecule has 0 saturated heterocycles. The highest BCUT2D eigenvalue weighted by Crippen LogP contribution is 2.38. The van der Waals surface area contributed by atoms with Crippen LogP contribution in [0.5, 0.6) is 0 Å². The van der Waals surface area contributed by atoms with Gasteiger partial charge in [-0.2, -0.15) is 0 Å². The number of hydrogen-bond donors (Lipinski definition) is 2. The normalized spacial score (nSPS) is 21.3. The van der Waals surface area contributed by atoms with E-state index in [4.69, 9.17) is 0 Å². The molecule has 5 heteroatoms. The van der Waals surface area contributed by atoms with Gasteiger partial charge in [-0.1, -0.05) is 6.92 Å². The van der Waals surface area contributed by atoms with Crippen LogP contribution in [-0.2, 0) is 9.59 Å². The predicted molar refractivity (Wildman–Crippen MR) is 66.6 cm³/mol. The summed E-state index contributed by atoms with van der Waals surface area (Å²) in [4.78, 5) is 22.6. The van der Waals surface area contributed by atoms with Crippen molar-refractivity contribution in [1.29, 1.82) is 0 Å². The molecule has 2 N–H and O–H groups in total. The van der Waals surface area contributed by atoms with Gasteiger partial charge in [-0.05, 0) is 30.5 Å². The number of halogens is 1. The molecule has 2 rings (SSSR count). The number of carbonyl (C=O) groups excluding carboxylic acids is 2.